The van der Waals surface area contributed by atoms with Crippen molar-refractivity contribution >= 4 is 38.9 Å². The lowest BCUT2D eigenvalue weighted by molar-refractivity contribution is -0.189. The van der Waals surface area contributed by atoms with Crippen LogP contribution in [0.5, 0.6) is 5.75 Å². The quantitative estimate of drug-likeness (QED) is 0.344. The van der Waals surface area contributed by atoms with E-state index in [-0.39, 0.29) is 11.9 Å². The van der Waals surface area contributed by atoms with Crippen molar-refractivity contribution in [1.29, 1.82) is 0 Å². The Labute approximate surface area is 239 Å². The van der Waals surface area contributed by atoms with Crippen LogP contribution in [-0.2, 0) is 31.8 Å². The summed E-state index contributed by atoms with van der Waals surface area (Å²) in [6, 6.07) is 13.1. The van der Waals surface area contributed by atoms with Gasteiger partial charge >= 0.3 is 0 Å². The molecule has 0 amide bonds. The Morgan fingerprint density at radius 3 is 2.54 bits per heavy atom. The number of halogens is 2. The average molecular weight is 596 g/mol. The Hall–Kier alpha value is -2.34. The highest BCUT2D eigenvalue weighted by atomic mass is 35.5. The number of hydrogen-bond donors (Lipinski definition) is 0. The van der Waals surface area contributed by atoms with Crippen molar-refractivity contribution in [2.45, 2.75) is 31.8 Å². The zero-order chi connectivity index (χ0) is 27.5. The van der Waals surface area contributed by atoms with Gasteiger partial charge in [-0.3, -0.25) is 0 Å². The summed E-state index contributed by atoms with van der Waals surface area (Å²) in [5, 5.41) is 0.995. The van der Waals surface area contributed by atoms with Gasteiger partial charge < -0.3 is 23.7 Å². The molecule has 0 saturated carbocycles. The first-order valence-corrected chi connectivity index (χ1v) is 15.3. The topological polar surface area (TPSA) is 86.1 Å². The molecule has 3 heterocycles. The molecule has 3 aromatic rings. The highest BCUT2D eigenvalue weighted by Gasteiger charge is 2.45. The Bertz CT molecular complexity index is 1350. The van der Waals surface area contributed by atoms with Crippen LogP contribution in [0.2, 0.25) is 10.0 Å². The molecule has 210 valence electrons. The number of piperazine rings is 1. The Balaban J connectivity index is 1.19. The molecule has 0 spiro atoms. The number of rotatable bonds is 10. The molecule has 2 atom stereocenters. The molecule has 0 radical (unpaired) electrons. The maximum atomic E-state index is 12.3. The van der Waals surface area contributed by atoms with Gasteiger partial charge in [0.05, 0.1) is 30.3 Å². The Morgan fingerprint density at radius 2 is 1.87 bits per heavy atom. The molecule has 2 aliphatic rings. The number of sulfonamides is 1. The lowest BCUT2D eigenvalue weighted by atomic mass is 10.1. The average Bonchev–Trinajstić information content (AvgIpc) is 3.58. The van der Waals surface area contributed by atoms with Gasteiger partial charge in [-0.05, 0) is 42.8 Å². The van der Waals surface area contributed by atoms with Crippen LogP contribution < -0.4 is 9.64 Å². The SMILES string of the molecule is CCCS(=O)(=O)N1CCN(c2ccc(OCC3COC(Cn4ccnc4)(c4ccc(Cl)cc4Cl)O3)cc2)CC1. The molecule has 1 aromatic heterocycles. The van der Waals surface area contributed by atoms with E-state index in [1.54, 1.807) is 29.0 Å². The number of benzene rings is 2. The lowest BCUT2D eigenvalue weighted by Crippen LogP contribution is -2.49. The number of imidazole rings is 1. The molecular weight excluding hydrogens is 563 g/mol. The van der Waals surface area contributed by atoms with Gasteiger partial charge in [0.25, 0.3) is 0 Å². The number of nitrogens with zero attached hydrogens (tertiary/aromatic N) is 4. The van der Waals surface area contributed by atoms with Crippen molar-refractivity contribution in [2.24, 2.45) is 0 Å². The van der Waals surface area contributed by atoms with Crippen LogP contribution in [0.1, 0.15) is 18.9 Å². The molecule has 0 bridgehead atoms. The minimum Gasteiger partial charge on any atom is -0.491 e. The van der Waals surface area contributed by atoms with Crippen molar-refractivity contribution in [3.63, 3.8) is 0 Å². The van der Waals surface area contributed by atoms with Gasteiger partial charge in [-0.25, -0.2) is 13.4 Å². The first-order chi connectivity index (χ1) is 18.8. The van der Waals surface area contributed by atoms with E-state index in [0.29, 0.717) is 73.7 Å². The van der Waals surface area contributed by atoms with Crippen molar-refractivity contribution in [1.82, 2.24) is 13.9 Å². The summed E-state index contributed by atoms with van der Waals surface area (Å²) in [4.78, 5) is 6.31. The Kier molecular flexibility index (Phi) is 8.70. The molecule has 5 rings (SSSR count). The van der Waals surface area contributed by atoms with Gasteiger partial charge in [0.1, 0.15) is 18.5 Å². The minimum absolute atomic E-state index is 0.201. The highest BCUT2D eigenvalue weighted by Crippen LogP contribution is 2.40. The number of anilines is 1. The van der Waals surface area contributed by atoms with Crippen LogP contribution in [0.3, 0.4) is 0 Å². The summed E-state index contributed by atoms with van der Waals surface area (Å²) in [5.74, 6) is -0.192. The summed E-state index contributed by atoms with van der Waals surface area (Å²) in [7, 11) is -3.16. The largest absolute Gasteiger partial charge is 0.491 e. The second-order valence-electron chi connectivity index (χ2n) is 9.67. The van der Waals surface area contributed by atoms with Gasteiger partial charge in [0.2, 0.25) is 15.8 Å². The predicted octanol–water partition coefficient (Wildman–Crippen LogP) is 4.40. The summed E-state index contributed by atoms with van der Waals surface area (Å²) in [5.41, 5.74) is 1.73. The summed E-state index contributed by atoms with van der Waals surface area (Å²) in [6.07, 6.45) is 5.55. The van der Waals surface area contributed by atoms with Crippen molar-refractivity contribution in [2.75, 3.05) is 50.0 Å². The number of hydrogen-bond acceptors (Lipinski definition) is 7. The normalized spacial score (nSPS) is 22.3. The van der Waals surface area contributed by atoms with Crippen LogP contribution in [0.15, 0.2) is 61.2 Å². The van der Waals surface area contributed by atoms with E-state index < -0.39 is 15.8 Å². The van der Waals surface area contributed by atoms with E-state index in [4.69, 9.17) is 37.4 Å². The van der Waals surface area contributed by atoms with Gasteiger partial charge in [-0.15, -0.1) is 0 Å². The first kappa shape index (κ1) is 28.2. The number of ether oxygens (including phenoxy) is 3. The zero-order valence-electron chi connectivity index (χ0n) is 21.7. The smallest absolute Gasteiger partial charge is 0.215 e. The van der Waals surface area contributed by atoms with Gasteiger partial charge in [0, 0.05) is 54.8 Å². The van der Waals surface area contributed by atoms with Crippen LogP contribution >= 0.6 is 23.2 Å². The van der Waals surface area contributed by atoms with E-state index in [1.807, 2.05) is 48.0 Å². The molecule has 2 aromatic carbocycles. The molecule has 2 fully saturated rings. The van der Waals surface area contributed by atoms with Crippen LogP contribution in [0.4, 0.5) is 5.69 Å². The summed E-state index contributed by atoms with van der Waals surface area (Å²) >= 11 is 12.7. The van der Waals surface area contributed by atoms with E-state index >= 15 is 0 Å². The zero-order valence-corrected chi connectivity index (χ0v) is 24.0. The summed E-state index contributed by atoms with van der Waals surface area (Å²) in [6.45, 7) is 5.19. The fourth-order valence-electron chi connectivity index (χ4n) is 4.93. The van der Waals surface area contributed by atoms with Gasteiger partial charge in [-0.2, -0.15) is 4.31 Å². The van der Waals surface area contributed by atoms with E-state index in [1.165, 1.54) is 0 Å². The molecule has 9 nitrogen and oxygen atoms in total. The highest BCUT2D eigenvalue weighted by molar-refractivity contribution is 7.89. The predicted molar refractivity (Wildman–Crippen MR) is 151 cm³/mol. The molecule has 2 saturated heterocycles. The van der Waals surface area contributed by atoms with Crippen LogP contribution in [0.25, 0.3) is 0 Å². The first-order valence-electron chi connectivity index (χ1n) is 13.0. The second kappa shape index (κ2) is 12.0. The maximum Gasteiger partial charge on any atom is 0.215 e. The lowest BCUT2D eigenvalue weighted by Gasteiger charge is -2.35. The summed E-state index contributed by atoms with van der Waals surface area (Å²) < 4.78 is 46.9. The third-order valence-corrected chi connectivity index (χ3v) is 9.51. The molecule has 39 heavy (non-hydrogen) atoms. The molecule has 2 unspecified atom stereocenters. The minimum atomic E-state index is -3.16. The van der Waals surface area contributed by atoms with Gasteiger partial charge in [0.15, 0.2) is 0 Å². The van der Waals surface area contributed by atoms with Crippen molar-refractivity contribution < 1.29 is 22.6 Å². The standard InChI is InChI=1S/C27H32Cl2N4O5S/c1-2-15-39(34,35)33-13-11-32(12-14-33)22-4-6-23(7-5-22)36-17-24-18-37-27(38-24,19-31-10-9-30-20-31)25-8-3-21(28)16-26(25)29/h3-10,16,20,24H,2,11-15,17-19H2,1H3. The Morgan fingerprint density at radius 1 is 1.10 bits per heavy atom. The van der Waals surface area contributed by atoms with Gasteiger partial charge in [-0.1, -0.05) is 36.2 Å². The van der Waals surface area contributed by atoms with E-state index in [9.17, 15) is 8.42 Å². The third-order valence-electron chi connectivity index (χ3n) is 6.88. The third kappa shape index (κ3) is 6.53. The molecular formula is C27H32Cl2N4O5S. The van der Waals surface area contributed by atoms with E-state index in [0.717, 1.165) is 5.69 Å². The second-order valence-corrected chi connectivity index (χ2v) is 12.6. The molecule has 0 N–H and O–H groups in total. The molecule has 12 heteroatoms. The fraction of sp³-hybridized carbons (Fsp3) is 0.444. The fourth-order valence-corrected chi connectivity index (χ4v) is 6.98. The van der Waals surface area contributed by atoms with E-state index in [2.05, 4.69) is 9.88 Å². The molecule has 0 aliphatic carbocycles. The van der Waals surface area contributed by atoms with Crippen LogP contribution in [0, 0.1) is 0 Å². The van der Waals surface area contributed by atoms with Crippen molar-refractivity contribution in [3.8, 4) is 5.75 Å². The monoisotopic (exact) mass is 594 g/mol. The van der Waals surface area contributed by atoms with Crippen LogP contribution in [-0.4, -0.2) is 73.5 Å². The number of aromatic nitrogens is 2. The van der Waals surface area contributed by atoms with Crippen molar-refractivity contribution in [3.05, 3.63) is 76.8 Å². The molecule has 2 aliphatic heterocycles. The maximum absolute atomic E-state index is 12.3.